The lowest BCUT2D eigenvalue weighted by atomic mass is 9.93. The van der Waals surface area contributed by atoms with Crippen LogP contribution in [0.2, 0.25) is 0 Å². The summed E-state index contributed by atoms with van der Waals surface area (Å²) in [4.78, 5) is 20.0. The van der Waals surface area contributed by atoms with Crippen LogP contribution in [0.25, 0.3) is 16.8 Å². The summed E-state index contributed by atoms with van der Waals surface area (Å²) in [7, 11) is -3.75. The van der Waals surface area contributed by atoms with Crippen molar-refractivity contribution in [3.8, 4) is 0 Å². The second-order valence-corrected chi connectivity index (χ2v) is 11.6. The van der Waals surface area contributed by atoms with Gasteiger partial charge in [-0.05, 0) is 17.5 Å². The van der Waals surface area contributed by atoms with Crippen LogP contribution in [0.4, 0.5) is 13.6 Å². The number of fused-ring (bicyclic) bond motifs is 3. The highest BCUT2D eigenvalue weighted by Gasteiger charge is 2.49. The molecule has 2 atom stereocenters. The van der Waals surface area contributed by atoms with E-state index in [4.69, 9.17) is 0 Å². The first kappa shape index (κ1) is 23.8. The number of nitrogens with zero attached hydrogens (tertiary/aromatic N) is 7. The molecule has 0 radical (unpaired) electrons. The van der Waals surface area contributed by atoms with E-state index in [1.165, 1.54) is 16.4 Å². The number of urea groups is 1. The van der Waals surface area contributed by atoms with Crippen molar-refractivity contribution in [3.05, 3.63) is 60.2 Å². The van der Waals surface area contributed by atoms with Crippen molar-refractivity contribution in [3.63, 3.8) is 0 Å². The number of hydrogen-bond donors (Lipinski definition) is 0. The Kier molecular flexibility index (Phi) is 5.44. The summed E-state index contributed by atoms with van der Waals surface area (Å²) < 4.78 is 56.1. The number of alkyl halides is 2. The summed E-state index contributed by atoms with van der Waals surface area (Å²) in [6.45, 7) is 1.63. The molecule has 3 aromatic heterocycles. The summed E-state index contributed by atoms with van der Waals surface area (Å²) >= 11 is 0. The molecule has 4 aromatic rings. The van der Waals surface area contributed by atoms with E-state index in [0.29, 0.717) is 35.6 Å². The van der Waals surface area contributed by atoms with Crippen LogP contribution in [0.5, 0.6) is 0 Å². The summed E-state index contributed by atoms with van der Waals surface area (Å²) in [5.74, 6) is -2.56. The normalized spacial score (nSPS) is 21.6. The topological polar surface area (TPSA) is 106 Å². The molecule has 13 heteroatoms. The quantitative estimate of drug-likeness (QED) is 0.394. The van der Waals surface area contributed by atoms with Gasteiger partial charge in [0.05, 0.1) is 30.6 Å². The molecule has 1 aromatic carbocycles. The van der Waals surface area contributed by atoms with Gasteiger partial charge in [-0.25, -0.2) is 30.9 Å². The average molecular weight is 530 g/mol. The summed E-state index contributed by atoms with van der Waals surface area (Å²) in [6, 6.07) is 10.2. The third-order valence-electron chi connectivity index (χ3n) is 7.24. The molecule has 10 nitrogen and oxygen atoms in total. The van der Waals surface area contributed by atoms with Gasteiger partial charge >= 0.3 is 6.03 Å². The molecule has 2 aliphatic rings. The maximum atomic E-state index is 13.3. The minimum Gasteiger partial charge on any atom is -0.324 e. The van der Waals surface area contributed by atoms with Crippen LogP contribution in [0.3, 0.4) is 0 Å². The van der Waals surface area contributed by atoms with E-state index in [1.54, 1.807) is 39.6 Å². The molecule has 2 aliphatic heterocycles. The molecule has 0 spiro atoms. The fourth-order valence-corrected chi connectivity index (χ4v) is 6.76. The highest BCUT2D eigenvalue weighted by molar-refractivity contribution is 7.89. The van der Waals surface area contributed by atoms with Crippen molar-refractivity contribution < 1.29 is 22.0 Å². The van der Waals surface area contributed by atoms with Gasteiger partial charge < -0.3 is 9.80 Å². The number of rotatable bonds is 5. The zero-order valence-corrected chi connectivity index (χ0v) is 20.9. The first-order valence-electron chi connectivity index (χ1n) is 12.1. The number of amides is 2. The number of likely N-dealkylation sites (tertiary alicyclic amines) is 2. The van der Waals surface area contributed by atoms with Gasteiger partial charge in [-0.1, -0.05) is 43.7 Å². The maximum absolute atomic E-state index is 13.3. The van der Waals surface area contributed by atoms with Crippen LogP contribution in [0.1, 0.15) is 30.7 Å². The maximum Gasteiger partial charge on any atom is 0.320 e. The molecule has 6 rings (SSSR count). The van der Waals surface area contributed by atoms with Gasteiger partial charge in [-0.3, -0.25) is 4.40 Å². The molecule has 0 unspecified atom stereocenters. The molecule has 0 N–H and O–H groups in total. The van der Waals surface area contributed by atoms with E-state index in [9.17, 15) is 22.0 Å². The zero-order chi connectivity index (χ0) is 25.9. The molecule has 5 heterocycles. The van der Waals surface area contributed by atoms with Crippen molar-refractivity contribution in [1.29, 1.82) is 0 Å². The number of aromatic nitrogens is 5. The SMILES string of the molecule is CC[C@@H]1CN(C(=O)N2CC(F)(F)C2)C[C@@H]1c1nnc2cnc3c(ccn3S(=O)(=O)Cc3ccccc3)n12. The Bertz CT molecular complexity index is 1590. The number of carbonyl (C=O) groups excluding carboxylic acids is 1. The lowest BCUT2D eigenvalue weighted by Crippen LogP contribution is -2.61. The van der Waals surface area contributed by atoms with Gasteiger partial charge in [0, 0.05) is 25.2 Å². The molecule has 2 amide bonds. The van der Waals surface area contributed by atoms with Gasteiger partial charge in [0.1, 0.15) is 5.82 Å². The Morgan fingerprint density at radius 2 is 1.84 bits per heavy atom. The van der Waals surface area contributed by atoms with Gasteiger partial charge in [0.2, 0.25) is 10.0 Å². The smallest absolute Gasteiger partial charge is 0.320 e. The Hall–Kier alpha value is -3.61. The van der Waals surface area contributed by atoms with Crippen molar-refractivity contribution in [1.82, 2.24) is 33.4 Å². The third-order valence-corrected chi connectivity index (χ3v) is 8.83. The molecule has 2 fully saturated rings. The number of halogens is 2. The fourth-order valence-electron chi connectivity index (χ4n) is 5.35. The second-order valence-electron chi connectivity index (χ2n) is 9.75. The zero-order valence-electron chi connectivity index (χ0n) is 20.0. The van der Waals surface area contributed by atoms with Gasteiger partial charge in [0.15, 0.2) is 11.3 Å². The highest BCUT2D eigenvalue weighted by atomic mass is 32.2. The Balaban J connectivity index is 1.35. The molecule has 0 bridgehead atoms. The molecule has 194 valence electrons. The second kappa shape index (κ2) is 8.47. The van der Waals surface area contributed by atoms with Gasteiger partial charge in [0.25, 0.3) is 5.92 Å². The molecular formula is C24H25F2N7O3S. The van der Waals surface area contributed by atoms with Crippen LogP contribution < -0.4 is 0 Å². The first-order valence-corrected chi connectivity index (χ1v) is 13.7. The Morgan fingerprint density at radius 1 is 1.08 bits per heavy atom. The van der Waals surface area contributed by atoms with Crippen LogP contribution >= 0.6 is 0 Å². The lowest BCUT2D eigenvalue weighted by Gasteiger charge is -2.40. The van der Waals surface area contributed by atoms with Crippen molar-refractivity contribution in [2.24, 2.45) is 5.92 Å². The van der Waals surface area contributed by atoms with E-state index >= 15 is 0 Å². The van der Waals surface area contributed by atoms with Crippen LogP contribution in [0.15, 0.2) is 48.8 Å². The van der Waals surface area contributed by atoms with Crippen molar-refractivity contribution in [2.45, 2.75) is 30.9 Å². The summed E-state index contributed by atoms with van der Waals surface area (Å²) in [5, 5.41) is 8.65. The summed E-state index contributed by atoms with van der Waals surface area (Å²) in [6.07, 6.45) is 3.71. The summed E-state index contributed by atoms with van der Waals surface area (Å²) in [5.41, 5.74) is 1.92. The van der Waals surface area contributed by atoms with E-state index in [-0.39, 0.29) is 23.2 Å². The first-order chi connectivity index (χ1) is 17.7. The molecule has 0 saturated carbocycles. The third kappa shape index (κ3) is 4.01. The predicted octanol–water partition coefficient (Wildman–Crippen LogP) is 2.95. The predicted molar refractivity (Wildman–Crippen MR) is 131 cm³/mol. The Morgan fingerprint density at radius 3 is 2.54 bits per heavy atom. The van der Waals surface area contributed by atoms with E-state index in [0.717, 1.165) is 11.3 Å². The van der Waals surface area contributed by atoms with E-state index in [1.807, 2.05) is 13.0 Å². The number of carbonyl (C=O) groups is 1. The van der Waals surface area contributed by atoms with Crippen molar-refractivity contribution in [2.75, 3.05) is 26.2 Å². The average Bonchev–Trinajstić information content (AvgIpc) is 3.57. The lowest BCUT2D eigenvalue weighted by molar-refractivity contribution is -0.113. The van der Waals surface area contributed by atoms with Crippen LogP contribution in [-0.2, 0) is 15.8 Å². The largest absolute Gasteiger partial charge is 0.324 e. The minimum absolute atomic E-state index is 0.0465. The van der Waals surface area contributed by atoms with Crippen LogP contribution in [-0.4, -0.2) is 79.9 Å². The van der Waals surface area contributed by atoms with Gasteiger partial charge in [-0.15, -0.1) is 10.2 Å². The highest BCUT2D eigenvalue weighted by Crippen LogP contribution is 2.37. The van der Waals surface area contributed by atoms with E-state index < -0.39 is 35.1 Å². The van der Waals surface area contributed by atoms with Crippen molar-refractivity contribution >= 4 is 32.9 Å². The monoisotopic (exact) mass is 529 g/mol. The number of hydrogen-bond acceptors (Lipinski definition) is 6. The van der Waals surface area contributed by atoms with Crippen LogP contribution in [0, 0.1) is 5.92 Å². The van der Waals surface area contributed by atoms with Gasteiger partial charge in [-0.2, -0.15) is 0 Å². The Labute approximate surface area is 211 Å². The molecule has 37 heavy (non-hydrogen) atoms. The fraction of sp³-hybridized carbons (Fsp3) is 0.417. The van der Waals surface area contributed by atoms with E-state index in [2.05, 4.69) is 15.2 Å². The standard InChI is InChI=1S/C24H25F2N7O3S/c1-2-17-11-30(23(34)31-14-24(25,26)15-31)12-18(17)21-29-28-20-10-27-22-19(33(20)21)8-9-32(22)37(35,36)13-16-6-4-3-5-7-16/h3-10,17-18H,2,11-15H2,1H3/t17-,18+/m1/s1. The minimum atomic E-state index is -3.75. The molecular weight excluding hydrogens is 504 g/mol. The molecule has 0 aliphatic carbocycles. The number of benzene rings is 1. The molecule has 2 saturated heterocycles.